The molecule has 1 heteroatoms. The number of nitrogens with two attached hydrogens (primary N) is 1. The van der Waals surface area contributed by atoms with E-state index in [-0.39, 0.29) is 11.5 Å². The van der Waals surface area contributed by atoms with Gasteiger partial charge in [-0.25, -0.2) is 0 Å². The van der Waals surface area contributed by atoms with Crippen molar-refractivity contribution < 1.29 is 0 Å². The fourth-order valence-corrected chi connectivity index (χ4v) is 2.71. The number of rotatable bonds is 2. The molecule has 0 aromatic heterocycles. The van der Waals surface area contributed by atoms with E-state index in [9.17, 15) is 0 Å². The topological polar surface area (TPSA) is 26.0 Å². The summed E-state index contributed by atoms with van der Waals surface area (Å²) in [6, 6.07) is 10.3. The summed E-state index contributed by atoms with van der Waals surface area (Å²) in [6.07, 6.45) is 10.2. The maximum absolute atomic E-state index is 6.11. The van der Waals surface area contributed by atoms with Crippen LogP contribution in [-0.2, 0) is 5.41 Å². The SMILES string of the molecule is C#CC(N)C1(c2ccccc2)CCCC1. The van der Waals surface area contributed by atoms with Crippen LogP contribution in [0.15, 0.2) is 30.3 Å². The molecule has 1 fully saturated rings. The van der Waals surface area contributed by atoms with Crippen LogP contribution >= 0.6 is 0 Å². The van der Waals surface area contributed by atoms with Crippen LogP contribution in [0.2, 0.25) is 0 Å². The molecule has 15 heavy (non-hydrogen) atoms. The molecule has 0 aliphatic heterocycles. The second kappa shape index (κ2) is 4.08. The monoisotopic (exact) mass is 199 g/mol. The second-order valence-electron chi connectivity index (χ2n) is 4.37. The lowest BCUT2D eigenvalue weighted by Gasteiger charge is -2.32. The molecule has 1 aromatic rings. The lowest BCUT2D eigenvalue weighted by Crippen LogP contribution is -2.42. The van der Waals surface area contributed by atoms with Crippen LogP contribution in [0.25, 0.3) is 0 Å². The molecule has 2 rings (SSSR count). The molecular weight excluding hydrogens is 182 g/mol. The molecule has 0 radical (unpaired) electrons. The molecule has 1 aliphatic carbocycles. The van der Waals surface area contributed by atoms with Gasteiger partial charge in [0.2, 0.25) is 0 Å². The number of terminal acetylenes is 1. The summed E-state index contributed by atoms with van der Waals surface area (Å²) in [5.41, 5.74) is 7.46. The van der Waals surface area contributed by atoms with Gasteiger partial charge in [-0.15, -0.1) is 6.42 Å². The molecule has 1 unspecified atom stereocenters. The molecule has 1 aliphatic rings. The zero-order valence-corrected chi connectivity index (χ0v) is 8.95. The number of hydrogen-bond acceptors (Lipinski definition) is 1. The quantitative estimate of drug-likeness (QED) is 0.727. The summed E-state index contributed by atoms with van der Waals surface area (Å²) in [7, 11) is 0. The molecule has 0 heterocycles. The molecule has 0 amide bonds. The average Bonchev–Trinajstić information content (AvgIpc) is 2.79. The minimum Gasteiger partial charge on any atom is -0.317 e. The Morgan fingerprint density at radius 3 is 2.33 bits per heavy atom. The van der Waals surface area contributed by atoms with Crippen molar-refractivity contribution in [2.24, 2.45) is 5.73 Å². The highest BCUT2D eigenvalue weighted by Gasteiger charge is 2.40. The van der Waals surface area contributed by atoms with Gasteiger partial charge in [0.15, 0.2) is 0 Å². The van der Waals surface area contributed by atoms with Crippen LogP contribution < -0.4 is 5.73 Å². The molecule has 78 valence electrons. The van der Waals surface area contributed by atoms with Gasteiger partial charge in [0.05, 0.1) is 6.04 Å². The van der Waals surface area contributed by atoms with Crippen molar-refractivity contribution in [3.63, 3.8) is 0 Å². The van der Waals surface area contributed by atoms with E-state index in [2.05, 4.69) is 30.2 Å². The van der Waals surface area contributed by atoms with E-state index < -0.39 is 0 Å². The van der Waals surface area contributed by atoms with Crippen molar-refractivity contribution >= 4 is 0 Å². The van der Waals surface area contributed by atoms with E-state index in [1.165, 1.54) is 18.4 Å². The molecule has 1 saturated carbocycles. The third-order valence-corrected chi connectivity index (χ3v) is 3.62. The molecule has 1 aromatic carbocycles. The average molecular weight is 199 g/mol. The van der Waals surface area contributed by atoms with E-state index >= 15 is 0 Å². The Morgan fingerprint density at radius 2 is 1.80 bits per heavy atom. The normalized spacial score (nSPS) is 20.8. The van der Waals surface area contributed by atoms with Crippen LogP contribution in [0.3, 0.4) is 0 Å². The Morgan fingerprint density at radius 1 is 1.20 bits per heavy atom. The van der Waals surface area contributed by atoms with Crippen molar-refractivity contribution in [3.8, 4) is 12.3 Å². The summed E-state index contributed by atoms with van der Waals surface area (Å²) in [4.78, 5) is 0. The fourth-order valence-electron chi connectivity index (χ4n) is 2.71. The summed E-state index contributed by atoms with van der Waals surface area (Å²) >= 11 is 0. The van der Waals surface area contributed by atoms with Crippen LogP contribution in [0.5, 0.6) is 0 Å². The molecule has 0 saturated heterocycles. The van der Waals surface area contributed by atoms with Crippen LogP contribution in [-0.4, -0.2) is 6.04 Å². The Kier molecular flexibility index (Phi) is 2.79. The highest BCUT2D eigenvalue weighted by molar-refractivity contribution is 5.32. The Hall–Kier alpha value is -1.26. The zero-order valence-electron chi connectivity index (χ0n) is 8.95. The van der Waals surface area contributed by atoms with Gasteiger partial charge in [0.25, 0.3) is 0 Å². The Bertz CT molecular complexity index is 355. The van der Waals surface area contributed by atoms with Crippen LogP contribution in [0, 0.1) is 12.3 Å². The van der Waals surface area contributed by atoms with Crippen LogP contribution in [0.4, 0.5) is 0 Å². The zero-order chi connectivity index (χ0) is 10.7. The summed E-state index contributed by atoms with van der Waals surface area (Å²) in [5.74, 6) is 2.72. The first-order valence-electron chi connectivity index (χ1n) is 5.57. The predicted octanol–water partition coefficient (Wildman–Crippen LogP) is 2.46. The Balaban J connectivity index is 2.40. The van der Waals surface area contributed by atoms with Gasteiger partial charge >= 0.3 is 0 Å². The van der Waals surface area contributed by atoms with Gasteiger partial charge in [-0.2, -0.15) is 0 Å². The van der Waals surface area contributed by atoms with Gasteiger partial charge in [0, 0.05) is 5.41 Å². The van der Waals surface area contributed by atoms with E-state index in [0.717, 1.165) is 12.8 Å². The van der Waals surface area contributed by atoms with Crippen molar-refractivity contribution in [2.45, 2.75) is 37.1 Å². The minimum absolute atomic E-state index is 0.0377. The molecule has 2 N–H and O–H groups in total. The second-order valence-corrected chi connectivity index (χ2v) is 4.37. The molecule has 1 nitrogen and oxygen atoms in total. The van der Waals surface area contributed by atoms with Crippen LogP contribution in [0.1, 0.15) is 31.2 Å². The van der Waals surface area contributed by atoms with Gasteiger partial charge in [-0.05, 0) is 18.4 Å². The van der Waals surface area contributed by atoms with Crippen molar-refractivity contribution in [2.75, 3.05) is 0 Å². The van der Waals surface area contributed by atoms with E-state index in [4.69, 9.17) is 12.2 Å². The van der Waals surface area contributed by atoms with E-state index in [1.54, 1.807) is 0 Å². The fraction of sp³-hybridized carbons (Fsp3) is 0.429. The number of benzene rings is 1. The third kappa shape index (κ3) is 1.66. The smallest absolute Gasteiger partial charge is 0.0759 e. The Labute approximate surface area is 91.7 Å². The first kappa shape index (κ1) is 10.3. The lowest BCUT2D eigenvalue weighted by molar-refractivity contribution is 0.402. The minimum atomic E-state index is -0.151. The van der Waals surface area contributed by atoms with Gasteiger partial charge in [-0.1, -0.05) is 49.1 Å². The highest BCUT2D eigenvalue weighted by Crippen LogP contribution is 2.42. The lowest BCUT2D eigenvalue weighted by atomic mass is 9.73. The molecule has 1 atom stereocenters. The number of hydrogen-bond donors (Lipinski definition) is 1. The third-order valence-electron chi connectivity index (χ3n) is 3.62. The van der Waals surface area contributed by atoms with Crippen molar-refractivity contribution in [3.05, 3.63) is 35.9 Å². The van der Waals surface area contributed by atoms with Gasteiger partial charge in [0.1, 0.15) is 0 Å². The summed E-state index contributed by atoms with van der Waals surface area (Å²) in [5, 5.41) is 0. The predicted molar refractivity (Wildman–Crippen MR) is 63.4 cm³/mol. The summed E-state index contributed by atoms with van der Waals surface area (Å²) in [6.45, 7) is 0. The van der Waals surface area contributed by atoms with Crippen molar-refractivity contribution in [1.29, 1.82) is 0 Å². The highest BCUT2D eigenvalue weighted by atomic mass is 14.7. The van der Waals surface area contributed by atoms with E-state index in [0.29, 0.717) is 0 Å². The largest absolute Gasteiger partial charge is 0.317 e. The molecule has 0 bridgehead atoms. The van der Waals surface area contributed by atoms with E-state index in [1.807, 2.05) is 6.07 Å². The first-order chi connectivity index (χ1) is 7.29. The van der Waals surface area contributed by atoms with Crippen molar-refractivity contribution in [1.82, 2.24) is 0 Å². The summed E-state index contributed by atoms with van der Waals surface area (Å²) < 4.78 is 0. The first-order valence-corrected chi connectivity index (χ1v) is 5.57. The maximum atomic E-state index is 6.11. The standard InChI is InChI=1S/C14H17N/c1-2-13(15)14(10-6-7-11-14)12-8-4-3-5-9-12/h1,3-5,8-9,13H,6-7,10-11,15H2. The molecule has 0 spiro atoms. The van der Waals surface area contributed by atoms with Gasteiger partial charge in [-0.3, -0.25) is 0 Å². The molecular formula is C14H17N. The maximum Gasteiger partial charge on any atom is 0.0759 e. The van der Waals surface area contributed by atoms with Gasteiger partial charge < -0.3 is 5.73 Å².